The van der Waals surface area contributed by atoms with Crippen LogP contribution in [0.1, 0.15) is 39.5 Å². The predicted octanol–water partition coefficient (Wildman–Crippen LogP) is -2.06. The number of hydrogen-bond donors (Lipinski definition) is 7. The van der Waals surface area contributed by atoms with Crippen LogP contribution in [0.4, 0.5) is 0 Å². The Morgan fingerprint density at radius 3 is 2.07 bits per heavy atom. The number of rotatable bonds is 13. The summed E-state index contributed by atoms with van der Waals surface area (Å²) in [6, 6.07) is -3.33. The molecule has 0 aliphatic rings. The zero-order valence-electron chi connectivity index (χ0n) is 16.1. The molecular weight excluding hydrogens is 372 g/mol. The van der Waals surface area contributed by atoms with Crippen molar-refractivity contribution in [3.8, 4) is 0 Å². The molecule has 10 N–H and O–H groups in total. The molecule has 0 aliphatic carbocycles. The van der Waals surface area contributed by atoms with Crippen LogP contribution in [0.3, 0.4) is 0 Å². The third-order valence-electron chi connectivity index (χ3n) is 3.81. The molecule has 0 heterocycles. The van der Waals surface area contributed by atoms with Crippen molar-refractivity contribution in [1.29, 1.82) is 0 Å². The molecule has 12 heteroatoms. The number of nitrogens with two attached hydrogens (primary N) is 3. The largest absolute Gasteiger partial charge is 0.481 e. The molecule has 3 atom stereocenters. The first kappa shape index (κ1) is 25.1. The van der Waals surface area contributed by atoms with Gasteiger partial charge in [0.2, 0.25) is 11.8 Å². The molecule has 28 heavy (non-hydrogen) atoms. The monoisotopic (exact) mass is 402 g/mol. The maximum absolute atomic E-state index is 12.5. The van der Waals surface area contributed by atoms with Crippen molar-refractivity contribution >= 4 is 29.7 Å². The van der Waals surface area contributed by atoms with Crippen molar-refractivity contribution < 1.29 is 29.4 Å². The number of carboxylic acids is 2. The molecule has 0 rings (SSSR count). The Morgan fingerprint density at radius 1 is 1.00 bits per heavy atom. The molecule has 0 radical (unpaired) electrons. The van der Waals surface area contributed by atoms with Crippen LogP contribution in [-0.2, 0) is 19.2 Å². The Kier molecular flexibility index (Phi) is 11.2. The second kappa shape index (κ2) is 12.5. The van der Waals surface area contributed by atoms with Crippen molar-refractivity contribution in [2.75, 3.05) is 6.54 Å². The number of guanidine groups is 1. The predicted molar refractivity (Wildman–Crippen MR) is 101 cm³/mol. The molecule has 2 amide bonds. The quantitative estimate of drug-likeness (QED) is 0.102. The number of carboxylic acid groups (broad SMARTS) is 2. The van der Waals surface area contributed by atoms with Crippen LogP contribution in [-0.4, -0.2) is 64.6 Å². The fourth-order valence-corrected chi connectivity index (χ4v) is 2.23. The van der Waals surface area contributed by atoms with E-state index in [0.29, 0.717) is 6.42 Å². The van der Waals surface area contributed by atoms with Crippen LogP contribution in [0.15, 0.2) is 4.99 Å². The summed E-state index contributed by atoms with van der Waals surface area (Å²) in [5.74, 6) is -4.20. The molecule has 0 aromatic carbocycles. The van der Waals surface area contributed by atoms with Gasteiger partial charge >= 0.3 is 11.9 Å². The van der Waals surface area contributed by atoms with Crippen molar-refractivity contribution in [3.05, 3.63) is 0 Å². The standard InChI is InChI=1S/C16H30N6O6/c1-8(2)12(15(27)28)22-14(26)10(4-3-7-20-16(18)19)21-13(25)9(17)5-6-11(23)24/h8-10,12H,3-7,17H2,1-2H3,(H,21,25)(H,22,26)(H,23,24)(H,27,28)(H4,18,19,20)/t9-,10-,12+/m1/s1. The minimum Gasteiger partial charge on any atom is -0.481 e. The van der Waals surface area contributed by atoms with Gasteiger partial charge in [-0.25, -0.2) is 4.79 Å². The summed E-state index contributed by atoms with van der Waals surface area (Å²) in [5.41, 5.74) is 16.1. The van der Waals surface area contributed by atoms with Crippen molar-refractivity contribution in [2.45, 2.75) is 57.7 Å². The van der Waals surface area contributed by atoms with E-state index in [1.807, 2.05) is 0 Å². The number of carbonyl (C=O) groups is 4. The summed E-state index contributed by atoms with van der Waals surface area (Å²) in [6.45, 7) is 3.47. The molecule has 0 spiro atoms. The van der Waals surface area contributed by atoms with Gasteiger partial charge in [0, 0.05) is 13.0 Å². The van der Waals surface area contributed by atoms with E-state index in [2.05, 4.69) is 15.6 Å². The van der Waals surface area contributed by atoms with Gasteiger partial charge in [0.1, 0.15) is 12.1 Å². The molecular formula is C16H30N6O6. The molecule has 0 saturated carbocycles. The Balaban J connectivity index is 5.09. The van der Waals surface area contributed by atoms with Crippen molar-refractivity contribution in [2.24, 2.45) is 28.1 Å². The number of hydrogen-bond acceptors (Lipinski definition) is 6. The Morgan fingerprint density at radius 2 is 1.61 bits per heavy atom. The fourth-order valence-electron chi connectivity index (χ4n) is 2.23. The third-order valence-corrected chi connectivity index (χ3v) is 3.81. The average Bonchev–Trinajstić information content (AvgIpc) is 2.58. The SMILES string of the molecule is CC(C)[C@H](NC(=O)[C@@H](CCCN=C(N)N)NC(=O)[C@H](N)CCC(=O)O)C(=O)O. The maximum atomic E-state index is 12.5. The molecule has 0 aromatic rings. The number of aliphatic imine (C=N–C) groups is 1. The van der Waals surface area contributed by atoms with Crippen LogP contribution in [0, 0.1) is 5.92 Å². The van der Waals surface area contributed by atoms with E-state index >= 15 is 0 Å². The molecule has 0 unspecified atom stereocenters. The normalized spacial score (nSPS) is 13.9. The Hall–Kier alpha value is -2.89. The number of nitrogens with one attached hydrogen (secondary N) is 2. The summed E-state index contributed by atoms with van der Waals surface area (Å²) >= 11 is 0. The summed E-state index contributed by atoms with van der Waals surface area (Å²) in [5, 5.41) is 22.7. The first-order valence-electron chi connectivity index (χ1n) is 8.82. The first-order chi connectivity index (χ1) is 13.0. The number of nitrogens with zero attached hydrogens (tertiary/aromatic N) is 1. The second-order valence-electron chi connectivity index (χ2n) is 6.62. The van der Waals surface area contributed by atoms with Crippen LogP contribution < -0.4 is 27.8 Å². The molecule has 12 nitrogen and oxygen atoms in total. The number of aliphatic carboxylic acids is 2. The van der Waals surface area contributed by atoms with E-state index in [0.717, 1.165) is 0 Å². The van der Waals surface area contributed by atoms with Gasteiger partial charge in [-0.3, -0.25) is 19.4 Å². The van der Waals surface area contributed by atoms with Gasteiger partial charge in [-0.05, 0) is 25.2 Å². The highest BCUT2D eigenvalue weighted by atomic mass is 16.4. The van der Waals surface area contributed by atoms with Crippen LogP contribution in [0.2, 0.25) is 0 Å². The van der Waals surface area contributed by atoms with E-state index in [1.165, 1.54) is 0 Å². The second-order valence-corrected chi connectivity index (χ2v) is 6.62. The molecule has 0 bridgehead atoms. The molecule has 0 aliphatic heterocycles. The number of carbonyl (C=O) groups excluding carboxylic acids is 2. The summed E-state index contributed by atoms with van der Waals surface area (Å²) in [6.07, 6.45) is 0.0577. The van der Waals surface area contributed by atoms with E-state index in [-0.39, 0.29) is 37.7 Å². The zero-order valence-corrected chi connectivity index (χ0v) is 16.1. The highest BCUT2D eigenvalue weighted by Gasteiger charge is 2.29. The fraction of sp³-hybridized carbons (Fsp3) is 0.688. The summed E-state index contributed by atoms with van der Waals surface area (Å²) in [4.78, 5) is 50.3. The lowest BCUT2D eigenvalue weighted by Gasteiger charge is -2.24. The van der Waals surface area contributed by atoms with E-state index in [4.69, 9.17) is 22.3 Å². The van der Waals surface area contributed by atoms with Gasteiger partial charge < -0.3 is 38.0 Å². The highest BCUT2D eigenvalue weighted by molar-refractivity contribution is 5.91. The topological polar surface area (TPSA) is 223 Å². The van der Waals surface area contributed by atoms with Gasteiger partial charge in [-0.1, -0.05) is 13.8 Å². The third kappa shape index (κ3) is 10.3. The van der Waals surface area contributed by atoms with Gasteiger partial charge in [0.15, 0.2) is 5.96 Å². The lowest BCUT2D eigenvalue weighted by Crippen LogP contribution is -2.55. The van der Waals surface area contributed by atoms with Gasteiger partial charge in [0.25, 0.3) is 0 Å². The molecule has 160 valence electrons. The van der Waals surface area contributed by atoms with E-state index in [1.54, 1.807) is 13.8 Å². The van der Waals surface area contributed by atoms with Crippen LogP contribution in [0.25, 0.3) is 0 Å². The minimum atomic E-state index is -1.20. The average molecular weight is 402 g/mol. The Bertz CT molecular complexity index is 590. The summed E-state index contributed by atoms with van der Waals surface area (Å²) in [7, 11) is 0. The van der Waals surface area contributed by atoms with Crippen molar-refractivity contribution in [1.82, 2.24) is 10.6 Å². The lowest BCUT2D eigenvalue weighted by molar-refractivity contribution is -0.143. The maximum Gasteiger partial charge on any atom is 0.326 e. The van der Waals surface area contributed by atoms with Crippen LogP contribution >= 0.6 is 0 Å². The Labute approximate surface area is 162 Å². The van der Waals surface area contributed by atoms with Gasteiger partial charge in [0.05, 0.1) is 6.04 Å². The zero-order chi connectivity index (χ0) is 21.9. The summed E-state index contributed by atoms with van der Waals surface area (Å²) < 4.78 is 0. The lowest BCUT2D eigenvalue weighted by atomic mass is 10.0. The van der Waals surface area contributed by atoms with Gasteiger partial charge in [-0.15, -0.1) is 0 Å². The number of amides is 2. The highest BCUT2D eigenvalue weighted by Crippen LogP contribution is 2.06. The smallest absolute Gasteiger partial charge is 0.326 e. The molecule has 0 saturated heterocycles. The first-order valence-corrected chi connectivity index (χ1v) is 8.82. The van der Waals surface area contributed by atoms with Gasteiger partial charge in [-0.2, -0.15) is 0 Å². The van der Waals surface area contributed by atoms with Crippen molar-refractivity contribution in [3.63, 3.8) is 0 Å². The van der Waals surface area contributed by atoms with E-state index in [9.17, 15) is 24.3 Å². The molecule has 0 fully saturated rings. The van der Waals surface area contributed by atoms with E-state index < -0.39 is 41.9 Å². The van der Waals surface area contributed by atoms with Crippen LogP contribution in [0.5, 0.6) is 0 Å². The minimum absolute atomic E-state index is 0.104. The molecule has 0 aromatic heterocycles.